The van der Waals surface area contributed by atoms with Gasteiger partial charge in [-0.05, 0) is 17.7 Å². The maximum absolute atomic E-state index is 9.13. The molecule has 21 heavy (non-hydrogen) atoms. The number of aliphatic hydroxyl groups excluding tert-OH is 1. The van der Waals surface area contributed by atoms with Gasteiger partial charge in [0.15, 0.2) is 17.3 Å². The molecule has 4 heteroatoms. The standard InChI is InChI=1S/C17H18O4/c1-19-16-10-13(11-18)8-9-15(16)21-12-17(20-2)14-6-4-3-5-7-14/h3-10,12,18H,11H2,1-2H3/b17-12+. The van der Waals surface area contributed by atoms with Crippen molar-refractivity contribution in [1.29, 1.82) is 0 Å². The zero-order chi connectivity index (χ0) is 15.1. The molecule has 0 radical (unpaired) electrons. The number of hydrogen-bond donors (Lipinski definition) is 1. The third-order valence-corrected chi connectivity index (χ3v) is 2.98. The van der Waals surface area contributed by atoms with Crippen molar-refractivity contribution >= 4 is 5.76 Å². The van der Waals surface area contributed by atoms with Crippen molar-refractivity contribution in [3.05, 3.63) is 65.9 Å². The molecule has 0 unspecified atom stereocenters. The smallest absolute Gasteiger partial charge is 0.168 e. The summed E-state index contributed by atoms with van der Waals surface area (Å²) in [5, 5.41) is 9.13. The maximum Gasteiger partial charge on any atom is 0.168 e. The van der Waals surface area contributed by atoms with Crippen LogP contribution in [0.5, 0.6) is 11.5 Å². The largest absolute Gasteiger partial charge is 0.493 e. The Kier molecular flexibility index (Phi) is 5.23. The second-order valence-electron chi connectivity index (χ2n) is 4.31. The van der Waals surface area contributed by atoms with Crippen molar-refractivity contribution in [2.45, 2.75) is 6.61 Å². The minimum atomic E-state index is -0.0418. The highest BCUT2D eigenvalue weighted by molar-refractivity contribution is 5.59. The average Bonchev–Trinajstić information content (AvgIpc) is 2.56. The fraction of sp³-hybridized carbons (Fsp3) is 0.176. The van der Waals surface area contributed by atoms with Crippen molar-refractivity contribution in [3.63, 3.8) is 0 Å². The van der Waals surface area contributed by atoms with Gasteiger partial charge in [-0.25, -0.2) is 0 Å². The molecular formula is C17H18O4. The van der Waals surface area contributed by atoms with Crippen molar-refractivity contribution in [2.75, 3.05) is 14.2 Å². The molecule has 0 spiro atoms. The SMILES string of the molecule is CO/C(=C/Oc1ccc(CO)cc1OC)c1ccccc1. The minimum Gasteiger partial charge on any atom is -0.493 e. The first-order valence-electron chi connectivity index (χ1n) is 6.52. The van der Waals surface area contributed by atoms with Crippen LogP contribution in [-0.4, -0.2) is 19.3 Å². The minimum absolute atomic E-state index is 0.0418. The van der Waals surface area contributed by atoms with E-state index in [2.05, 4.69) is 0 Å². The van der Waals surface area contributed by atoms with E-state index in [1.807, 2.05) is 30.3 Å². The van der Waals surface area contributed by atoms with Crippen LogP contribution in [0.4, 0.5) is 0 Å². The Bertz CT molecular complexity index is 605. The van der Waals surface area contributed by atoms with Crippen molar-refractivity contribution in [3.8, 4) is 11.5 Å². The molecular weight excluding hydrogens is 268 g/mol. The van der Waals surface area contributed by atoms with E-state index in [1.54, 1.807) is 32.4 Å². The second-order valence-corrected chi connectivity index (χ2v) is 4.31. The molecule has 0 saturated carbocycles. The van der Waals surface area contributed by atoms with Gasteiger partial charge in [0.25, 0.3) is 0 Å². The molecule has 0 aliphatic rings. The lowest BCUT2D eigenvalue weighted by molar-refractivity contribution is 0.280. The van der Waals surface area contributed by atoms with E-state index >= 15 is 0 Å². The summed E-state index contributed by atoms with van der Waals surface area (Å²) >= 11 is 0. The van der Waals surface area contributed by atoms with Gasteiger partial charge in [-0.15, -0.1) is 0 Å². The van der Waals surface area contributed by atoms with Crippen LogP contribution in [0.1, 0.15) is 11.1 Å². The monoisotopic (exact) mass is 286 g/mol. The number of aliphatic hydroxyl groups is 1. The van der Waals surface area contributed by atoms with E-state index in [0.29, 0.717) is 17.3 Å². The normalized spacial score (nSPS) is 11.1. The summed E-state index contributed by atoms with van der Waals surface area (Å²) in [6, 6.07) is 14.9. The van der Waals surface area contributed by atoms with E-state index in [9.17, 15) is 0 Å². The third-order valence-electron chi connectivity index (χ3n) is 2.98. The van der Waals surface area contributed by atoms with Crippen LogP contribution in [0, 0.1) is 0 Å². The molecule has 0 saturated heterocycles. The molecule has 4 nitrogen and oxygen atoms in total. The van der Waals surface area contributed by atoms with E-state index in [-0.39, 0.29) is 6.61 Å². The molecule has 0 aliphatic heterocycles. The molecule has 0 aromatic heterocycles. The topological polar surface area (TPSA) is 47.9 Å². The number of ether oxygens (including phenoxy) is 3. The zero-order valence-corrected chi connectivity index (χ0v) is 12.1. The number of rotatable bonds is 6. The third kappa shape index (κ3) is 3.77. The Morgan fingerprint density at radius 1 is 1.05 bits per heavy atom. The number of hydrogen-bond acceptors (Lipinski definition) is 4. The summed E-state index contributed by atoms with van der Waals surface area (Å²) in [5.74, 6) is 1.73. The summed E-state index contributed by atoms with van der Waals surface area (Å²) in [6.45, 7) is -0.0418. The average molecular weight is 286 g/mol. The molecule has 2 rings (SSSR count). The highest BCUT2D eigenvalue weighted by atomic mass is 16.5. The van der Waals surface area contributed by atoms with E-state index in [4.69, 9.17) is 19.3 Å². The van der Waals surface area contributed by atoms with Crippen molar-refractivity contribution < 1.29 is 19.3 Å². The van der Waals surface area contributed by atoms with Gasteiger partial charge in [-0.1, -0.05) is 36.4 Å². The lowest BCUT2D eigenvalue weighted by Gasteiger charge is -2.10. The molecule has 1 N–H and O–H groups in total. The van der Waals surface area contributed by atoms with Gasteiger partial charge in [-0.2, -0.15) is 0 Å². The maximum atomic E-state index is 9.13. The van der Waals surface area contributed by atoms with Gasteiger partial charge in [-0.3, -0.25) is 0 Å². The Balaban J connectivity index is 2.23. The highest BCUT2D eigenvalue weighted by Gasteiger charge is 2.06. The first-order valence-corrected chi connectivity index (χ1v) is 6.52. The lowest BCUT2D eigenvalue weighted by Crippen LogP contribution is -1.95. The zero-order valence-electron chi connectivity index (χ0n) is 12.1. The van der Waals surface area contributed by atoms with Gasteiger partial charge >= 0.3 is 0 Å². The fourth-order valence-electron chi connectivity index (χ4n) is 1.86. The summed E-state index contributed by atoms with van der Waals surface area (Å²) in [4.78, 5) is 0. The summed E-state index contributed by atoms with van der Waals surface area (Å²) in [6.07, 6.45) is 1.53. The predicted molar refractivity (Wildman–Crippen MR) is 81.0 cm³/mol. The number of methoxy groups -OCH3 is 2. The van der Waals surface area contributed by atoms with Crippen molar-refractivity contribution in [1.82, 2.24) is 0 Å². The summed E-state index contributed by atoms with van der Waals surface area (Å²) in [5.41, 5.74) is 1.68. The Hall–Kier alpha value is -2.46. The van der Waals surface area contributed by atoms with Crippen LogP contribution in [-0.2, 0) is 11.3 Å². The molecule has 0 atom stereocenters. The van der Waals surface area contributed by atoms with Crippen molar-refractivity contribution in [2.24, 2.45) is 0 Å². The molecule has 2 aromatic carbocycles. The molecule has 0 aliphatic carbocycles. The quantitative estimate of drug-likeness (QED) is 0.828. The van der Waals surface area contributed by atoms with Crippen LogP contribution in [0.25, 0.3) is 5.76 Å². The Labute approximate surface area is 124 Å². The van der Waals surface area contributed by atoms with Crippen LogP contribution in [0.3, 0.4) is 0 Å². The first-order chi connectivity index (χ1) is 10.3. The molecule has 2 aromatic rings. The number of benzene rings is 2. The highest BCUT2D eigenvalue weighted by Crippen LogP contribution is 2.29. The van der Waals surface area contributed by atoms with Crippen LogP contribution in [0.2, 0.25) is 0 Å². The lowest BCUT2D eigenvalue weighted by atomic mass is 10.2. The van der Waals surface area contributed by atoms with Crippen LogP contribution >= 0.6 is 0 Å². The van der Waals surface area contributed by atoms with E-state index < -0.39 is 0 Å². The molecule has 0 amide bonds. The molecule has 0 heterocycles. The van der Waals surface area contributed by atoms with Crippen LogP contribution in [0.15, 0.2) is 54.8 Å². The predicted octanol–water partition coefficient (Wildman–Crippen LogP) is 3.21. The summed E-state index contributed by atoms with van der Waals surface area (Å²) < 4.78 is 16.2. The van der Waals surface area contributed by atoms with Crippen LogP contribution < -0.4 is 9.47 Å². The van der Waals surface area contributed by atoms with Gasteiger partial charge in [0.05, 0.1) is 20.8 Å². The van der Waals surface area contributed by atoms with E-state index in [0.717, 1.165) is 11.1 Å². The Morgan fingerprint density at radius 2 is 1.81 bits per heavy atom. The molecule has 0 bridgehead atoms. The van der Waals surface area contributed by atoms with E-state index in [1.165, 1.54) is 6.26 Å². The Morgan fingerprint density at radius 3 is 2.43 bits per heavy atom. The summed E-state index contributed by atoms with van der Waals surface area (Å²) in [7, 11) is 3.15. The first kappa shape index (κ1) is 14.9. The van der Waals surface area contributed by atoms with Gasteiger partial charge in [0.2, 0.25) is 0 Å². The van der Waals surface area contributed by atoms with Gasteiger partial charge in [0.1, 0.15) is 6.26 Å². The molecule has 0 fully saturated rings. The molecule has 110 valence electrons. The second kappa shape index (κ2) is 7.36. The fourth-order valence-corrected chi connectivity index (χ4v) is 1.86. The van der Waals surface area contributed by atoms with Gasteiger partial charge in [0, 0.05) is 5.56 Å². The van der Waals surface area contributed by atoms with Gasteiger partial charge < -0.3 is 19.3 Å².